The van der Waals surface area contributed by atoms with E-state index in [0.717, 1.165) is 17.2 Å². The van der Waals surface area contributed by atoms with Gasteiger partial charge in [-0.05, 0) is 48.7 Å². The fourth-order valence-corrected chi connectivity index (χ4v) is 2.60. The number of pyridine rings is 1. The Morgan fingerprint density at radius 1 is 1.19 bits per heavy atom. The average Bonchev–Trinajstić information content (AvgIpc) is 3.11. The summed E-state index contributed by atoms with van der Waals surface area (Å²) in [5, 5.41) is 2.95. The van der Waals surface area contributed by atoms with Crippen LogP contribution in [0.4, 0.5) is 0 Å². The van der Waals surface area contributed by atoms with Gasteiger partial charge in [-0.2, -0.15) is 0 Å². The van der Waals surface area contributed by atoms with Crippen LogP contribution in [0.3, 0.4) is 0 Å². The van der Waals surface area contributed by atoms with Gasteiger partial charge in [0.05, 0.1) is 6.61 Å². The highest BCUT2D eigenvalue weighted by Crippen LogP contribution is 2.15. The van der Waals surface area contributed by atoms with Crippen molar-refractivity contribution in [3.05, 3.63) is 71.9 Å². The number of rotatable bonds is 7. The first-order chi connectivity index (χ1) is 13.0. The van der Waals surface area contributed by atoms with Gasteiger partial charge in [-0.25, -0.2) is 9.97 Å². The average molecular weight is 364 g/mol. The summed E-state index contributed by atoms with van der Waals surface area (Å²) in [6.07, 6.45) is 5.33. The molecule has 6 nitrogen and oxygen atoms in total. The number of amides is 1. The Bertz CT molecular complexity index is 918. The number of aryl methyl sites for hydroxylation is 1. The van der Waals surface area contributed by atoms with Gasteiger partial charge in [-0.15, -0.1) is 0 Å². The van der Waals surface area contributed by atoms with Crippen LogP contribution in [-0.2, 0) is 6.54 Å². The monoisotopic (exact) mass is 364 g/mol. The molecule has 1 N–H and O–H groups in total. The summed E-state index contributed by atoms with van der Waals surface area (Å²) in [7, 11) is 0. The van der Waals surface area contributed by atoms with Crippen LogP contribution in [0.25, 0.3) is 5.82 Å². The summed E-state index contributed by atoms with van der Waals surface area (Å²) in [6, 6.07) is 11.1. The highest BCUT2D eigenvalue weighted by Gasteiger charge is 2.08. The van der Waals surface area contributed by atoms with Gasteiger partial charge in [0.2, 0.25) is 0 Å². The third-order valence-electron chi connectivity index (χ3n) is 4.02. The molecule has 0 fully saturated rings. The standard InChI is InChI=1S/C21H24N4O2/c1-15(2)14-27-19-6-4-5-18(12-19)21(26)24-13-17-7-8-23-20(11-17)25-10-9-22-16(25)3/h4-12,15H,13-14H2,1-3H3,(H,24,26). The molecule has 0 saturated carbocycles. The van der Waals surface area contributed by atoms with Crippen LogP contribution in [0.2, 0.25) is 0 Å². The van der Waals surface area contributed by atoms with Gasteiger partial charge in [0.15, 0.2) is 0 Å². The number of hydrogen-bond acceptors (Lipinski definition) is 4. The Kier molecular flexibility index (Phi) is 5.86. The molecule has 140 valence electrons. The number of aromatic nitrogens is 3. The van der Waals surface area contributed by atoms with Crippen LogP contribution in [-0.4, -0.2) is 27.0 Å². The lowest BCUT2D eigenvalue weighted by Gasteiger charge is -2.11. The summed E-state index contributed by atoms with van der Waals surface area (Å²) < 4.78 is 7.60. The zero-order chi connectivity index (χ0) is 19.2. The van der Waals surface area contributed by atoms with E-state index in [1.165, 1.54) is 0 Å². The van der Waals surface area contributed by atoms with Crippen LogP contribution < -0.4 is 10.1 Å². The van der Waals surface area contributed by atoms with Crippen molar-refractivity contribution < 1.29 is 9.53 Å². The molecule has 0 saturated heterocycles. The molecular formula is C21H24N4O2. The van der Waals surface area contributed by atoms with Gasteiger partial charge >= 0.3 is 0 Å². The molecule has 3 rings (SSSR count). The molecule has 0 aliphatic carbocycles. The number of benzene rings is 1. The minimum absolute atomic E-state index is 0.137. The van der Waals surface area contributed by atoms with Gasteiger partial charge in [-0.3, -0.25) is 9.36 Å². The molecule has 2 aromatic heterocycles. The van der Waals surface area contributed by atoms with E-state index >= 15 is 0 Å². The molecule has 2 heterocycles. The number of carbonyl (C=O) groups excluding carboxylic acids is 1. The van der Waals surface area contributed by atoms with Crippen LogP contribution >= 0.6 is 0 Å². The summed E-state index contributed by atoms with van der Waals surface area (Å²) in [4.78, 5) is 21.1. The van der Waals surface area contributed by atoms with E-state index in [-0.39, 0.29) is 5.91 Å². The van der Waals surface area contributed by atoms with Crippen molar-refractivity contribution in [3.8, 4) is 11.6 Å². The van der Waals surface area contributed by atoms with Gasteiger partial charge in [-0.1, -0.05) is 19.9 Å². The molecular weight excluding hydrogens is 340 g/mol. The Hall–Kier alpha value is -3.15. The van der Waals surface area contributed by atoms with Crippen LogP contribution in [0.1, 0.15) is 35.6 Å². The SMILES string of the molecule is Cc1nccn1-c1cc(CNC(=O)c2cccc(OCC(C)C)c2)ccn1. The molecule has 0 bridgehead atoms. The largest absolute Gasteiger partial charge is 0.493 e. The number of nitrogens with one attached hydrogen (secondary N) is 1. The second-order valence-electron chi connectivity index (χ2n) is 6.78. The fraction of sp³-hybridized carbons (Fsp3) is 0.286. The topological polar surface area (TPSA) is 69.0 Å². The predicted molar refractivity (Wildman–Crippen MR) is 104 cm³/mol. The summed E-state index contributed by atoms with van der Waals surface area (Å²) >= 11 is 0. The maximum atomic E-state index is 12.5. The van der Waals surface area contributed by atoms with Crippen molar-refractivity contribution >= 4 is 5.91 Å². The zero-order valence-corrected chi connectivity index (χ0v) is 15.8. The number of carbonyl (C=O) groups is 1. The molecule has 1 amide bonds. The van der Waals surface area contributed by atoms with E-state index < -0.39 is 0 Å². The highest BCUT2D eigenvalue weighted by molar-refractivity contribution is 5.94. The third kappa shape index (κ3) is 4.94. The molecule has 0 aliphatic rings. The van der Waals surface area contributed by atoms with E-state index in [1.54, 1.807) is 24.5 Å². The smallest absolute Gasteiger partial charge is 0.251 e. The maximum Gasteiger partial charge on any atom is 0.251 e. The Morgan fingerprint density at radius 2 is 2.04 bits per heavy atom. The summed E-state index contributed by atoms with van der Waals surface area (Å²) in [6.45, 7) is 7.14. The lowest BCUT2D eigenvalue weighted by molar-refractivity contribution is 0.0950. The Labute approximate surface area is 159 Å². The first-order valence-corrected chi connectivity index (χ1v) is 8.99. The quantitative estimate of drug-likeness (QED) is 0.696. The van der Waals surface area contributed by atoms with Gasteiger partial charge < -0.3 is 10.1 Å². The van der Waals surface area contributed by atoms with Crippen molar-refractivity contribution in [2.75, 3.05) is 6.61 Å². The fourth-order valence-electron chi connectivity index (χ4n) is 2.60. The molecule has 6 heteroatoms. The lowest BCUT2D eigenvalue weighted by Crippen LogP contribution is -2.23. The lowest BCUT2D eigenvalue weighted by atomic mass is 10.2. The van der Waals surface area contributed by atoms with Gasteiger partial charge in [0.1, 0.15) is 17.4 Å². The minimum atomic E-state index is -0.137. The van der Waals surface area contributed by atoms with Crippen molar-refractivity contribution in [1.82, 2.24) is 19.9 Å². The molecule has 0 radical (unpaired) electrons. The molecule has 0 spiro atoms. The maximum absolute atomic E-state index is 12.5. The first kappa shape index (κ1) is 18.6. The third-order valence-corrected chi connectivity index (χ3v) is 4.02. The molecule has 0 unspecified atom stereocenters. The summed E-state index contributed by atoms with van der Waals surface area (Å²) in [5.74, 6) is 2.64. The molecule has 1 aromatic carbocycles. The van der Waals surface area contributed by atoms with Crippen molar-refractivity contribution in [2.45, 2.75) is 27.3 Å². The van der Waals surface area contributed by atoms with E-state index in [9.17, 15) is 4.79 Å². The van der Waals surface area contributed by atoms with Gasteiger partial charge in [0.25, 0.3) is 5.91 Å². The van der Waals surface area contributed by atoms with E-state index in [2.05, 4.69) is 29.1 Å². The molecule has 27 heavy (non-hydrogen) atoms. The van der Waals surface area contributed by atoms with Crippen LogP contribution in [0.5, 0.6) is 5.75 Å². The van der Waals surface area contributed by atoms with Crippen LogP contribution in [0, 0.1) is 12.8 Å². The van der Waals surface area contributed by atoms with Crippen molar-refractivity contribution in [2.24, 2.45) is 5.92 Å². The first-order valence-electron chi connectivity index (χ1n) is 8.99. The Morgan fingerprint density at radius 3 is 2.78 bits per heavy atom. The van der Waals surface area contributed by atoms with Crippen molar-refractivity contribution in [1.29, 1.82) is 0 Å². The molecule has 0 atom stereocenters. The van der Waals surface area contributed by atoms with E-state index in [0.29, 0.717) is 30.4 Å². The van der Waals surface area contributed by atoms with Crippen molar-refractivity contribution in [3.63, 3.8) is 0 Å². The van der Waals surface area contributed by atoms with E-state index in [4.69, 9.17) is 4.74 Å². The van der Waals surface area contributed by atoms with Crippen LogP contribution in [0.15, 0.2) is 55.0 Å². The molecule has 3 aromatic rings. The minimum Gasteiger partial charge on any atom is -0.493 e. The number of ether oxygens (including phenoxy) is 1. The second-order valence-corrected chi connectivity index (χ2v) is 6.78. The summed E-state index contributed by atoms with van der Waals surface area (Å²) in [5.41, 5.74) is 1.55. The second kappa shape index (κ2) is 8.49. The Balaban J connectivity index is 1.64. The normalized spacial score (nSPS) is 10.8. The highest BCUT2D eigenvalue weighted by atomic mass is 16.5. The molecule has 0 aliphatic heterocycles. The number of nitrogens with zero attached hydrogens (tertiary/aromatic N) is 3. The number of hydrogen-bond donors (Lipinski definition) is 1. The number of imidazole rings is 1. The van der Waals surface area contributed by atoms with E-state index in [1.807, 2.05) is 42.0 Å². The van der Waals surface area contributed by atoms with Gasteiger partial charge in [0, 0.05) is 30.7 Å². The predicted octanol–water partition coefficient (Wildman–Crippen LogP) is 3.54. The zero-order valence-electron chi connectivity index (χ0n) is 15.8.